The van der Waals surface area contributed by atoms with E-state index in [1.807, 2.05) is 0 Å². The first-order valence-corrected chi connectivity index (χ1v) is 12.3. The number of pyridine rings is 1. The number of benzene rings is 3. The highest BCUT2D eigenvalue weighted by atomic mass is 15.0. The summed E-state index contributed by atoms with van der Waals surface area (Å²) >= 11 is 0. The zero-order chi connectivity index (χ0) is 23.4. The monoisotopic (exact) mass is 435 g/mol. The third-order valence-electron chi connectivity index (χ3n) is 7.57. The standard InChI is InChI=1S/C31H35N2/c1-8-20(4)23-13-14-25-24(17-23)16-22(6)32(7)31(25)27-18-30-28(15-21(27)5)26-11-9-10-12-29(26)33(30)19(2)3/h9-20H,8H2,1-7H3/q+1. The van der Waals surface area contributed by atoms with Gasteiger partial charge < -0.3 is 4.57 Å². The van der Waals surface area contributed by atoms with Crippen molar-refractivity contribution >= 4 is 32.6 Å². The molecule has 2 nitrogen and oxygen atoms in total. The average Bonchev–Trinajstić information content (AvgIpc) is 3.12. The van der Waals surface area contributed by atoms with Crippen LogP contribution in [0.5, 0.6) is 0 Å². The third kappa shape index (κ3) is 3.35. The van der Waals surface area contributed by atoms with Crippen LogP contribution in [-0.2, 0) is 7.05 Å². The van der Waals surface area contributed by atoms with Crippen LogP contribution < -0.4 is 4.57 Å². The molecule has 0 N–H and O–H groups in total. The minimum absolute atomic E-state index is 0.393. The maximum atomic E-state index is 2.49. The number of para-hydroxylation sites is 1. The Balaban J connectivity index is 1.86. The lowest BCUT2D eigenvalue weighted by Gasteiger charge is -2.15. The summed E-state index contributed by atoms with van der Waals surface area (Å²) in [6, 6.07) is 23.4. The minimum Gasteiger partial charge on any atom is -0.338 e. The topological polar surface area (TPSA) is 8.81 Å². The van der Waals surface area contributed by atoms with Gasteiger partial charge in [0.1, 0.15) is 7.05 Å². The largest absolute Gasteiger partial charge is 0.338 e. The quantitative estimate of drug-likeness (QED) is 0.252. The van der Waals surface area contributed by atoms with E-state index >= 15 is 0 Å². The Bertz CT molecular complexity index is 1520. The molecule has 0 fully saturated rings. The highest BCUT2D eigenvalue weighted by Crippen LogP contribution is 2.38. The fourth-order valence-corrected chi connectivity index (χ4v) is 5.43. The summed E-state index contributed by atoms with van der Waals surface area (Å²) < 4.78 is 4.86. The molecule has 0 aliphatic carbocycles. The number of rotatable bonds is 4. The maximum Gasteiger partial charge on any atom is 0.220 e. The molecule has 3 aromatic carbocycles. The Morgan fingerprint density at radius 2 is 1.58 bits per heavy atom. The smallest absolute Gasteiger partial charge is 0.220 e. The third-order valence-corrected chi connectivity index (χ3v) is 7.57. The highest BCUT2D eigenvalue weighted by Gasteiger charge is 2.23. The van der Waals surface area contributed by atoms with Crippen LogP contribution in [0.25, 0.3) is 43.8 Å². The summed E-state index contributed by atoms with van der Waals surface area (Å²) in [6.07, 6.45) is 1.16. The average molecular weight is 436 g/mol. The molecule has 33 heavy (non-hydrogen) atoms. The van der Waals surface area contributed by atoms with Crippen molar-refractivity contribution in [3.8, 4) is 11.3 Å². The van der Waals surface area contributed by atoms with Crippen LogP contribution in [0.15, 0.2) is 60.7 Å². The van der Waals surface area contributed by atoms with Crippen LogP contribution in [0, 0.1) is 13.8 Å². The summed E-state index contributed by atoms with van der Waals surface area (Å²) in [5.74, 6) is 0.576. The van der Waals surface area contributed by atoms with Crippen molar-refractivity contribution in [3.63, 3.8) is 0 Å². The van der Waals surface area contributed by atoms with Crippen molar-refractivity contribution in [2.24, 2.45) is 7.05 Å². The van der Waals surface area contributed by atoms with E-state index < -0.39 is 0 Å². The lowest BCUT2D eigenvalue weighted by molar-refractivity contribution is -0.665. The minimum atomic E-state index is 0.393. The van der Waals surface area contributed by atoms with Crippen molar-refractivity contribution in [2.45, 2.75) is 59.9 Å². The first kappa shape index (κ1) is 21.7. The second-order valence-electron chi connectivity index (χ2n) is 10.0. The van der Waals surface area contributed by atoms with Gasteiger partial charge in [-0.2, -0.15) is 4.57 Å². The molecule has 0 saturated heterocycles. The number of hydrogen-bond acceptors (Lipinski definition) is 0. The van der Waals surface area contributed by atoms with E-state index in [1.165, 1.54) is 60.7 Å². The van der Waals surface area contributed by atoms with E-state index in [9.17, 15) is 0 Å². The van der Waals surface area contributed by atoms with Crippen molar-refractivity contribution in [2.75, 3.05) is 0 Å². The molecular weight excluding hydrogens is 400 g/mol. The second-order valence-corrected chi connectivity index (χ2v) is 10.0. The van der Waals surface area contributed by atoms with Crippen molar-refractivity contribution in [1.29, 1.82) is 0 Å². The molecule has 0 radical (unpaired) electrons. The van der Waals surface area contributed by atoms with Crippen LogP contribution in [0.1, 0.15) is 62.9 Å². The Kier molecular flexibility index (Phi) is 5.28. The summed E-state index contributed by atoms with van der Waals surface area (Å²) in [5.41, 5.74) is 9.29. The second kappa shape index (κ2) is 8.02. The van der Waals surface area contributed by atoms with E-state index in [2.05, 4.69) is 118 Å². The van der Waals surface area contributed by atoms with Crippen LogP contribution in [0.4, 0.5) is 0 Å². The van der Waals surface area contributed by atoms with Gasteiger partial charge in [-0.15, -0.1) is 0 Å². The highest BCUT2D eigenvalue weighted by molar-refractivity contribution is 6.10. The molecule has 2 heteroatoms. The van der Waals surface area contributed by atoms with Gasteiger partial charge in [0.05, 0.1) is 16.5 Å². The molecule has 0 amide bonds. The molecule has 168 valence electrons. The van der Waals surface area contributed by atoms with Gasteiger partial charge >= 0.3 is 0 Å². The van der Waals surface area contributed by atoms with E-state index in [-0.39, 0.29) is 0 Å². The Labute approximate surface area is 197 Å². The molecule has 0 bridgehead atoms. The number of aryl methyl sites for hydroxylation is 2. The number of aromatic nitrogens is 2. The van der Waals surface area contributed by atoms with Gasteiger partial charge in [-0.1, -0.05) is 44.2 Å². The SMILES string of the molecule is CCC(C)c1ccc2c(-c3cc4c(cc3C)c3ccccc3n4C(C)C)[n+](C)c(C)cc2c1. The van der Waals surface area contributed by atoms with Crippen LogP contribution >= 0.6 is 0 Å². The summed E-state index contributed by atoms with van der Waals surface area (Å²) in [7, 11) is 2.20. The maximum absolute atomic E-state index is 2.49. The number of fused-ring (bicyclic) bond motifs is 4. The molecular formula is C31H35N2+. The van der Waals surface area contributed by atoms with E-state index in [1.54, 1.807) is 0 Å². The van der Waals surface area contributed by atoms with E-state index in [4.69, 9.17) is 0 Å². The van der Waals surface area contributed by atoms with Crippen LogP contribution in [0.2, 0.25) is 0 Å². The molecule has 5 aromatic rings. The van der Waals surface area contributed by atoms with Gasteiger partial charge in [0.25, 0.3) is 0 Å². The molecule has 0 aliphatic heterocycles. The first-order chi connectivity index (χ1) is 15.8. The molecule has 0 spiro atoms. The lowest BCUT2D eigenvalue weighted by Crippen LogP contribution is -2.35. The van der Waals surface area contributed by atoms with E-state index in [0.29, 0.717) is 12.0 Å². The van der Waals surface area contributed by atoms with Crippen LogP contribution in [-0.4, -0.2) is 4.57 Å². The predicted molar refractivity (Wildman–Crippen MR) is 142 cm³/mol. The van der Waals surface area contributed by atoms with Crippen molar-refractivity contribution < 1.29 is 4.57 Å². The van der Waals surface area contributed by atoms with Gasteiger partial charge in [0, 0.05) is 35.3 Å². The Morgan fingerprint density at radius 3 is 2.30 bits per heavy atom. The van der Waals surface area contributed by atoms with Gasteiger partial charge in [-0.05, 0) is 73.9 Å². The fourth-order valence-electron chi connectivity index (χ4n) is 5.43. The normalized spacial score (nSPS) is 13.0. The molecule has 1 atom stereocenters. The molecule has 2 aromatic heterocycles. The summed E-state index contributed by atoms with van der Waals surface area (Å²) in [4.78, 5) is 0. The Morgan fingerprint density at radius 1 is 0.818 bits per heavy atom. The number of hydrogen-bond donors (Lipinski definition) is 0. The van der Waals surface area contributed by atoms with Gasteiger partial charge in [0.2, 0.25) is 5.69 Å². The number of nitrogens with zero attached hydrogens (tertiary/aromatic N) is 2. The van der Waals surface area contributed by atoms with Crippen molar-refractivity contribution in [1.82, 2.24) is 4.57 Å². The summed E-state index contributed by atoms with van der Waals surface area (Å²) in [5, 5.41) is 5.35. The van der Waals surface area contributed by atoms with Gasteiger partial charge in [-0.3, -0.25) is 0 Å². The van der Waals surface area contributed by atoms with Gasteiger partial charge in [0.15, 0.2) is 5.69 Å². The zero-order valence-corrected chi connectivity index (χ0v) is 21.0. The molecule has 5 rings (SSSR count). The zero-order valence-electron chi connectivity index (χ0n) is 21.0. The van der Waals surface area contributed by atoms with Gasteiger partial charge in [-0.25, -0.2) is 0 Å². The molecule has 1 unspecified atom stereocenters. The first-order valence-electron chi connectivity index (χ1n) is 12.3. The van der Waals surface area contributed by atoms with Crippen molar-refractivity contribution in [3.05, 3.63) is 77.5 Å². The fraction of sp³-hybridized carbons (Fsp3) is 0.323. The summed E-state index contributed by atoms with van der Waals surface area (Å²) in [6.45, 7) is 13.6. The predicted octanol–water partition coefficient (Wildman–Crippen LogP) is 8.15. The lowest BCUT2D eigenvalue weighted by atomic mass is 9.92. The van der Waals surface area contributed by atoms with Crippen LogP contribution in [0.3, 0.4) is 0 Å². The van der Waals surface area contributed by atoms with E-state index in [0.717, 1.165) is 6.42 Å². The molecule has 2 heterocycles. The molecule has 0 aliphatic rings. The molecule has 0 saturated carbocycles. The Hall–Kier alpha value is -3.13.